The van der Waals surface area contributed by atoms with Crippen molar-refractivity contribution in [3.63, 3.8) is 0 Å². The summed E-state index contributed by atoms with van der Waals surface area (Å²) in [6.45, 7) is 4.91. The maximum absolute atomic E-state index is 14.2. The summed E-state index contributed by atoms with van der Waals surface area (Å²) in [6.07, 6.45) is -0.380. The molecule has 0 aromatic heterocycles. The van der Waals surface area contributed by atoms with E-state index in [9.17, 15) is 17.9 Å². The number of hydrogen-bond donors (Lipinski definition) is 1. The Hall–Kier alpha value is -2.48. The van der Waals surface area contributed by atoms with Gasteiger partial charge in [-0.3, -0.25) is 9.80 Å². The molecule has 0 bridgehead atoms. The van der Waals surface area contributed by atoms with Crippen LogP contribution in [0, 0.1) is 23.6 Å². The molecule has 36 heavy (non-hydrogen) atoms. The largest absolute Gasteiger partial charge is 0.487 e. The highest BCUT2D eigenvalue weighted by atomic mass is 32.2. The van der Waals surface area contributed by atoms with Gasteiger partial charge in [0.15, 0.2) is 0 Å². The number of fused-ring (bicyclic) bond motifs is 1. The summed E-state index contributed by atoms with van der Waals surface area (Å²) in [4.78, 5) is 3.96. The van der Waals surface area contributed by atoms with E-state index in [-0.39, 0.29) is 41.6 Å². The van der Waals surface area contributed by atoms with Crippen molar-refractivity contribution in [2.75, 3.05) is 47.4 Å². The quantitative estimate of drug-likeness (QED) is 0.570. The number of likely N-dealkylation sites (N-methyl/N-ethyl adjacent to an activating group) is 1. The summed E-state index contributed by atoms with van der Waals surface area (Å²) >= 11 is 0. The van der Waals surface area contributed by atoms with Crippen LogP contribution in [0.3, 0.4) is 0 Å². The van der Waals surface area contributed by atoms with Crippen molar-refractivity contribution in [2.45, 2.75) is 37.4 Å². The molecule has 2 aromatic rings. The van der Waals surface area contributed by atoms with Gasteiger partial charge in [0.05, 0.1) is 13.2 Å². The zero-order valence-electron chi connectivity index (χ0n) is 21.6. The summed E-state index contributed by atoms with van der Waals surface area (Å²) in [5.41, 5.74) is 1.23. The second-order valence-corrected chi connectivity index (χ2v) is 11.6. The van der Waals surface area contributed by atoms with Gasteiger partial charge in [-0.1, -0.05) is 37.0 Å². The lowest BCUT2D eigenvalue weighted by Crippen LogP contribution is -2.49. The molecule has 0 spiro atoms. The van der Waals surface area contributed by atoms with Gasteiger partial charge in [0, 0.05) is 42.7 Å². The highest BCUT2D eigenvalue weighted by Crippen LogP contribution is 2.34. The van der Waals surface area contributed by atoms with Crippen LogP contribution in [0.5, 0.6) is 5.75 Å². The van der Waals surface area contributed by atoms with Crippen LogP contribution < -0.4 is 4.74 Å². The molecule has 0 saturated carbocycles. The smallest absolute Gasteiger partial charge is 0.247 e. The summed E-state index contributed by atoms with van der Waals surface area (Å²) in [5, 5.41) is 9.80. The van der Waals surface area contributed by atoms with Crippen molar-refractivity contribution in [3.05, 3.63) is 59.4 Å². The molecule has 1 aliphatic heterocycles. The molecular formula is C27H36FN3O4S. The lowest BCUT2D eigenvalue weighted by molar-refractivity contribution is 0.0731. The lowest BCUT2D eigenvalue weighted by atomic mass is 10.0. The van der Waals surface area contributed by atoms with Crippen LogP contribution in [0.25, 0.3) is 0 Å². The van der Waals surface area contributed by atoms with Crippen molar-refractivity contribution in [3.8, 4) is 17.6 Å². The van der Waals surface area contributed by atoms with E-state index in [1.54, 1.807) is 37.3 Å². The highest BCUT2D eigenvalue weighted by molar-refractivity contribution is 7.89. The fourth-order valence-corrected chi connectivity index (χ4v) is 5.94. The lowest BCUT2D eigenvalue weighted by Gasteiger charge is -2.37. The number of benzene rings is 2. The topological polar surface area (TPSA) is 73.3 Å². The summed E-state index contributed by atoms with van der Waals surface area (Å²) < 4.78 is 49.1. The predicted molar refractivity (Wildman–Crippen MR) is 139 cm³/mol. The first kappa shape index (κ1) is 28.1. The molecule has 196 valence electrons. The average Bonchev–Trinajstić information content (AvgIpc) is 2.82. The van der Waals surface area contributed by atoms with E-state index in [1.165, 1.54) is 16.4 Å². The number of hydrogen-bond acceptors (Lipinski definition) is 6. The molecule has 0 radical (unpaired) electrons. The first-order valence-electron chi connectivity index (χ1n) is 12.0. The van der Waals surface area contributed by atoms with Crippen LogP contribution in [0.4, 0.5) is 4.39 Å². The molecule has 1 heterocycles. The third-order valence-electron chi connectivity index (χ3n) is 6.18. The van der Waals surface area contributed by atoms with E-state index in [4.69, 9.17) is 4.74 Å². The molecule has 3 atom stereocenters. The fourth-order valence-electron chi connectivity index (χ4n) is 4.11. The minimum atomic E-state index is -3.91. The molecule has 1 aliphatic rings. The van der Waals surface area contributed by atoms with Crippen LogP contribution in [0.15, 0.2) is 47.4 Å². The summed E-state index contributed by atoms with van der Waals surface area (Å²) in [7, 11) is 1.81. The van der Waals surface area contributed by atoms with Gasteiger partial charge in [-0.2, -0.15) is 4.31 Å². The molecule has 9 heteroatoms. The van der Waals surface area contributed by atoms with Crippen molar-refractivity contribution < 1.29 is 22.7 Å². The first-order chi connectivity index (χ1) is 17.0. The number of nitrogens with zero attached hydrogens (tertiary/aromatic N) is 3. The molecule has 0 saturated heterocycles. The standard InChI is InChI=1S/C27H36FN3O4S/c1-20-16-31(21(2)19-32)36(33,34)27-13-12-22(9-8-14-29(3)4)15-25(27)35-26(20)18-30(5)17-23-10-6-7-11-24(23)28/h6-7,10-13,15,20-21,26,32H,14,16-19H2,1-5H3/t20-,21-,26-/m1/s1. The normalized spacial score (nSPS) is 20.6. The van der Waals surface area contributed by atoms with Gasteiger partial charge in [0.25, 0.3) is 0 Å². The van der Waals surface area contributed by atoms with Gasteiger partial charge in [0.2, 0.25) is 10.0 Å². The van der Waals surface area contributed by atoms with Gasteiger partial charge < -0.3 is 9.84 Å². The Morgan fingerprint density at radius 1 is 1.22 bits per heavy atom. The van der Waals surface area contributed by atoms with Crippen molar-refractivity contribution in [1.29, 1.82) is 0 Å². The molecule has 0 aliphatic carbocycles. The van der Waals surface area contributed by atoms with E-state index >= 15 is 0 Å². The molecule has 1 N–H and O–H groups in total. The Morgan fingerprint density at radius 3 is 2.61 bits per heavy atom. The summed E-state index contributed by atoms with van der Waals surface area (Å²) in [6, 6.07) is 10.9. The molecule has 0 amide bonds. The molecule has 0 fully saturated rings. The van der Waals surface area contributed by atoms with Crippen molar-refractivity contribution in [2.24, 2.45) is 5.92 Å². The number of rotatable bonds is 7. The van der Waals surface area contributed by atoms with Crippen LogP contribution in [-0.4, -0.2) is 87.2 Å². The van der Waals surface area contributed by atoms with Gasteiger partial charge >= 0.3 is 0 Å². The Balaban J connectivity index is 1.97. The maximum atomic E-state index is 14.2. The Labute approximate surface area is 214 Å². The Kier molecular flexibility index (Phi) is 9.50. The number of aliphatic hydroxyl groups is 1. The zero-order chi connectivity index (χ0) is 26.5. The first-order valence-corrected chi connectivity index (χ1v) is 13.5. The molecule has 0 unspecified atom stereocenters. The second-order valence-electron chi connectivity index (χ2n) is 9.73. The summed E-state index contributed by atoms with van der Waals surface area (Å²) in [5.74, 6) is 5.90. The molecule has 3 rings (SSSR count). The fraction of sp³-hybridized carbons (Fsp3) is 0.481. The predicted octanol–water partition coefficient (Wildman–Crippen LogP) is 2.64. The van der Waals surface area contributed by atoms with Crippen LogP contribution in [0.2, 0.25) is 0 Å². The van der Waals surface area contributed by atoms with Gasteiger partial charge in [0.1, 0.15) is 22.6 Å². The highest BCUT2D eigenvalue weighted by Gasteiger charge is 2.38. The molecular weight excluding hydrogens is 481 g/mol. The third-order valence-corrected chi connectivity index (χ3v) is 8.20. The second kappa shape index (κ2) is 12.2. The van der Waals surface area contributed by atoms with Crippen molar-refractivity contribution in [1.82, 2.24) is 14.1 Å². The SMILES string of the molecule is C[C@@H]1CN([C@H](C)CO)S(=O)(=O)c2ccc(C#CCN(C)C)cc2O[C@@H]1CN(C)Cc1ccccc1F. The average molecular weight is 518 g/mol. The van der Waals surface area contributed by atoms with E-state index < -0.39 is 16.1 Å². The van der Waals surface area contributed by atoms with E-state index in [0.717, 1.165) is 0 Å². The monoisotopic (exact) mass is 517 g/mol. The number of aliphatic hydroxyl groups excluding tert-OH is 1. The van der Waals surface area contributed by atoms with Crippen molar-refractivity contribution >= 4 is 10.0 Å². The van der Waals surface area contributed by atoms with Crippen LogP contribution >= 0.6 is 0 Å². The van der Waals surface area contributed by atoms with Gasteiger partial charge in [-0.05, 0) is 52.3 Å². The van der Waals surface area contributed by atoms with Gasteiger partial charge in [-0.25, -0.2) is 12.8 Å². The van der Waals surface area contributed by atoms with Crippen LogP contribution in [-0.2, 0) is 16.6 Å². The molecule has 7 nitrogen and oxygen atoms in total. The molecule has 2 aromatic carbocycles. The number of halogens is 1. The number of ether oxygens (including phenoxy) is 1. The Morgan fingerprint density at radius 2 is 1.94 bits per heavy atom. The van der Waals surface area contributed by atoms with E-state index in [1.807, 2.05) is 37.9 Å². The third kappa shape index (κ3) is 6.84. The minimum Gasteiger partial charge on any atom is -0.487 e. The minimum absolute atomic E-state index is 0.0506. The maximum Gasteiger partial charge on any atom is 0.247 e. The zero-order valence-corrected chi connectivity index (χ0v) is 22.4. The Bertz CT molecular complexity index is 1210. The van der Waals surface area contributed by atoms with E-state index in [2.05, 4.69) is 11.8 Å². The van der Waals surface area contributed by atoms with Crippen LogP contribution in [0.1, 0.15) is 25.0 Å². The number of sulfonamides is 1. The van der Waals surface area contributed by atoms with E-state index in [0.29, 0.717) is 30.8 Å². The van der Waals surface area contributed by atoms with Gasteiger partial charge in [-0.15, -0.1) is 0 Å².